The number of hydrogen-bond acceptors (Lipinski definition) is 3. The number of ether oxygens (including phenoxy) is 1. The summed E-state index contributed by atoms with van der Waals surface area (Å²) >= 11 is 5.64. The second-order valence-electron chi connectivity index (χ2n) is 4.38. The fourth-order valence-corrected chi connectivity index (χ4v) is 1.81. The maximum Gasteiger partial charge on any atom is 0.341 e. The van der Waals surface area contributed by atoms with Gasteiger partial charge >= 0.3 is 5.97 Å². The Morgan fingerprint density at radius 1 is 1.00 bits per heavy atom. The van der Waals surface area contributed by atoms with Crippen molar-refractivity contribution >= 4 is 29.2 Å². The lowest BCUT2D eigenvalue weighted by Crippen LogP contribution is -2.21. The summed E-state index contributed by atoms with van der Waals surface area (Å²) in [5.41, 5.74) is -0.433. The second-order valence-corrected chi connectivity index (χ2v) is 4.81. The second kappa shape index (κ2) is 7.15. The summed E-state index contributed by atoms with van der Waals surface area (Å²) in [5.74, 6) is -4.93. The van der Waals surface area contributed by atoms with Gasteiger partial charge in [0.15, 0.2) is 18.2 Å². The highest BCUT2D eigenvalue weighted by molar-refractivity contribution is 6.30. The number of hydrogen-bond donors (Lipinski definition) is 1. The average molecular weight is 344 g/mol. The lowest BCUT2D eigenvalue weighted by Gasteiger charge is -2.07. The summed E-state index contributed by atoms with van der Waals surface area (Å²) in [6.07, 6.45) is 0. The quantitative estimate of drug-likeness (QED) is 0.864. The molecule has 0 spiro atoms. The SMILES string of the molecule is O=C(COC(=O)c1cc(Cl)ccc1F)Nc1ccc(F)c(F)c1. The summed E-state index contributed by atoms with van der Waals surface area (Å²) in [7, 11) is 0. The van der Waals surface area contributed by atoms with Crippen molar-refractivity contribution in [1.29, 1.82) is 0 Å². The van der Waals surface area contributed by atoms with Crippen LogP contribution in [0.2, 0.25) is 5.02 Å². The van der Waals surface area contributed by atoms with Gasteiger partial charge in [-0.05, 0) is 30.3 Å². The minimum Gasteiger partial charge on any atom is -0.452 e. The molecule has 0 aliphatic heterocycles. The monoisotopic (exact) mass is 343 g/mol. The highest BCUT2D eigenvalue weighted by Gasteiger charge is 2.15. The average Bonchev–Trinajstić information content (AvgIpc) is 2.51. The molecular formula is C15H9ClF3NO3. The van der Waals surface area contributed by atoms with Crippen LogP contribution in [0.15, 0.2) is 36.4 Å². The van der Waals surface area contributed by atoms with E-state index in [9.17, 15) is 22.8 Å². The zero-order valence-electron chi connectivity index (χ0n) is 11.4. The molecule has 0 aromatic heterocycles. The largest absolute Gasteiger partial charge is 0.452 e. The van der Waals surface area contributed by atoms with Crippen LogP contribution >= 0.6 is 11.6 Å². The van der Waals surface area contributed by atoms with E-state index in [0.29, 0.717) is 0 Å². The van der Waals surface area contributed by atoms with Gasteiger partial charge in [0.05, 0.1) is 5.56 Å². The number of amides is 1. The molecular weight excluding hydrogens is 335 g/mol. The van der Waals surface area contributed by atoms with E-state index >= 15 is 0 Å². The van der Waals surface area contributed by atoms with Crippen LogP contribution in [0, 0.1) is 17.5 Å². The van der Waals surface area contributed by atoms with E-state index in [0.717, 1.165) is 30.3 Å². The lowest BCUT2D eigenvalue weighted by molar-refractivity contribution is -0.119. The molecule has 2 aromatic rings. The number of halogens is 4. The molecule has 1 amide bonds. The topological polar surface area (TPSA) is 55.4 Å². The molecule has 0 heterocycles. The highest BCUT2D eigenvalue weighted by Crippen LogP contribution is 2.16. The van der Waals surface area contributed by atoms with E-state index in [-0.39, 0.29) is 10.7 Å². The maximum absolute atomic E-state index is 13.4. The number of esters is 1. The van der Waals surface area contributed by atoms with Gasteiger partial charge in [0.25, 0.3) is 5.91 Å². The summed E-state index contributed by atoms with van der Waals surface area (Å²) in [5, 5.41) is 2.33. The van der Waals surface area contributed by atoms with Gasteiger partial charge in [-0.3, -0.25) is 4.79 Å². The molecule has 2 aromatic carbocycles. The van der Waals surface area contributed by atoms with Gasteiger partial charge in [0.1, 0.15) is 5.82 Å². The predicted molar refractivity (Wildman–Crippen MR) is 76.7 cm³/mol. The smallest absolute Gasteiger partial charge is 0.341 e. The van der Waals surface area contributed by atoms with Crippen LogP contribution in [-0.2, 0) is 9.53 Å². The van der Waals surface area contributed by atoms with Crippen LogP contribution in [-0.4, -0.2) is 18.5 Å². The molecule has 0 saturated heterocycles. The Morgan fingerprint density at radius 2 is 1.70 bits per heavy atom. The van der Waals surface area contributed by atoms with Crippen LogP contribution in [0.4, 0.5) is 18.9 Å². The number of rotatable bonds is 4. The van der Waals surface area contributed by atoms with Gasteiger partial charge in [-0.1, -0.05) is 11.6 Å². The van der Waals surface area contributed by atoms with Crippen molar-refractivity contribution in [2.75, 3.05) is 11.9 Å². The minimum absolute atomic E-state index is 0.0149. The third-order valence-electron chi connectivity index (χ3n) is 2.69. The number of anilines is 1. The van der Waals surface area contributed by atoms with Gasteiger partial charge in [-0.15, -0.1) is 0 Å². The van der Waals surface area contributed by atoms with Crippen molar-refractivity contribution in [3.63, 3.8) is 0 Å². The molecule has 4 nitrogen and oxygen atoms in total. The van der Waals surface area contributed by atoms with Crippen molar-refractivity contribution in [3.05, 3.63) is 64.4 Å². The molecule has 23 heavy (non-hydrogen) atoms. The van der Waals surface area contributed by atoms with Gasteiger partial charge in [-0.25, -0.2) is 18.0 Å². The van der Waals surface area contributed by atoms with Crippen molar-refractivity contribution in [3.8, 4) is 0 Å². The molecule has 1 N–H and O–H groups in total. The summed E-state index contributed by atoms with van der Waals surface area (Å²) in [6, 6.07) is 6.04. The van der Waals surface area contributed by atoms with Crippen LogP contribution in [0.1, 0.15) is 10.4 Å². The van der Waals surface area contributed by atoms with Crippen LogP contribution in [0.25, 0.3) is 0 Å². The zero-order chi connectivity index (χ0) is 17.0. The Bertz CT molecular complexity index is 768. The van der Waals surface area contributed by atoms with E-state index in [2.05, 4.69) is 10.1 Å². The van der Waals surface area contributed by atoms with Crippen molar-refractivity contribution in [2.24, 2.45) is 0 Å². The third-order valence-corrected chi connectivity index (χ3v) is 2.92. The summed E-state index contributed by atoms with van der Waals surface area (Å²) in [4.78, 5) is 23.2. The minimum atomic E-state index is -1.14. The molecule has 0 unspecified atom stereocenters. The van der Waals surface area contributed by atoms with Crippen molar-refractivity contribution < 1.29 is 27.5 Å². The summed E-state index contributed by atoms with van der Waals surface area (Å²) < 4.78 is 43.8. The molecule has 120 valence electrons. The van der Waals surface area contributed by atoms with Crippen LogP contribution < -0.4 is 5.32 Å². The van der Waals surface area contributed by atoms with Gasteiger partial charge in [-0.2, -0.15) is 0 Å². The number of carbonyl (C=O) groups excluding carboxylic acids is 2. The third kappa shape index (κ3) is 4.46. The van der Waals surface area contributed by atoms with E-state index < -0.39 is 41.5 Å². The molecule has 0 atom stereocenters. The Hall–Kier alpha value is -2.54. The van der Waals surface area contributed by atoms with E-state index in [1.807, 2.05) is 0 Å². The van der Waals surface area contributed by atoms with Crippen LogP contribution in [0.5, 0.6) is 0 Å². The first kappa shape index (κ1) is 16.8. The maximum atomic E-state index is 13.4. The molecule has 0 aliphatic rings. The highest BCUT2D eigenvalue weighted by atomic mass is 35.5. The Kier molecular flexibility index (Phi) is 5.23. The van der Waals surface area contributed by atoms with E-state index in [4.69, 9.17) is 11.6 Å². The Balaban J connectivity index is 1.94. The lowest BCUT2D eigenvalue weighted by atomic mass is 10.2. The number of benzene rings is 2. The molecule has 0 bridgehead atoms. The van der Waals surface area contributed by atoms with Gasteiger partial charge in [0.2, 0.25) is 0 Å². The standard InChI is InChI=1S/C15H9ClF3NO3/c16-8-1-3-11(17)10(5-8)15(22)23-7-14(21)20-9-2-4-12(18)13(19)6-9/h1-6H,7H2,(H,20,21). The normalized spacial score (nSPS) is 10.3. The molecule has 0 saturated carbocycles. The fraction of sp³-hybridized carbons (Fsp3) is 0.0667. The molecule has 0 radical (unpaired) electrons. The first-order valence-electron chi connectivity index (χ1n) is 6.24. The molecule has 8 heteroatoms. The molecule has 0 fully saturated rings. The Labute approximate surface area is 133 Å². The van der Waals surface area contributed by atoms with Crippen molar-refractivity contribution in [1.82, 2.24) is 0 Å². The van der Waals surface area contributed by atoms with Crippen LogP contribution in [0.3, 0.4) is 0 Å². The molecule has 0 aliphatic carbocycles. The first-order chi connectivity index (χ1) is 10.9. The van der Waals surface area contributed by atoms with Gasteiger partial charge in [0, 0.05) is 16.8 Å². The Morgan fingerprint density at radius 3 is 2.39 bits per heavy atom. The first-order valence-corrected chi connectivity index (χ1v) is 6.61. The van der Waals surface area contributed by atoms with Crippen molar-refractivity contribution in [2.45, 2.75) is 0 Å². The van der Waals surface area contributed by atoms with E-state index in [1.54, 1.807) is 0 Å². The van der Waals surface area contributed by atoms with E-state index in [1.165, 1.54) is 6.07 Å². The number of carbonyl (C=O) groups is 2. The molecule has 2 rings (SSSR count). The number of nitrogens with one attached hydrogen (secondary N) is 1. The fourth-order valence-electron chi connectivity index (χ4n) is 1.63. The zero-order valence-corrected chi connectivity index (χ0v) is 12.2. The van der Waals surface area contributed by atoms with Gasteiger partial charge < -0.3 is 10.1 Å². The predicted octanol–water partition coefficient (Wildman–Crippen LogP) is 3.55. The summed E-state index contributed by atoms with van der Waals surface area (Å²) in [6.45, 7) is -0.732.